The van der Waals surface area contributed by atoms with Crippen LogP contribution in [0.5, 0.6) is 5.88 Å². The Morgan fingerprint density at radius 2 is 1.94 bits per heavy atom. The van der Waals surface area contributed by atoms with E-state index in [1.165, 1.54) is 12.1 Å². The summed E-state index contributed by atoms with van der Waals surface area (Å²) in [5.74, 6) is 0.316. The molecule has 0 spiro atoms. The molecule has 0 bridgehead atoms. The summed E-state index contributed by atoms with van der Waals surface area (Å²) in [7, 11) is 1.58. The molecule has 0 aliphatic heterocycles. The van der Waals surface area contributed by atoms with E-state index in [2.05, 4.69) is 10.3 Å². The third-order valence-corrected chi connectivity index (χ3v) is 2.71. The summed E-state index contributed by atoms with van der Waals surface area (Å²) >= 11 is 0. The molecule has 1 N–H and O–H groups in total. The summed E-state index contributed by atoms with van der Waals surface area (Å²) in [6, 6.07) is 10.2. The lowest BCUT2D eigenvalue weighted by atomic mass is 10.1. The highest BCUT2D eigenvalue weighted by Crippen LogP contribution is 2.25. The summed E-state index contributed by atoms with van der Waals surface area (Å²) in [5.41, 5.74) is 1.82. The van der Waals surface area contributed by atoms with E-state index < -0.39 is 0 Å². The highest BCUT2D eigenvalue weighted by atomic mass is 19.1. The van der Waals surface area contributed by atoms with Crippen LogP contribution in [0.4, 0.5) is 10.1 Å². The van der Waals surface area contributed by atoms with Gasteiger partial charge in [0.2, 0.25) is 5.88 Å². The number of pyridine rings is 1. The highest BCUT2D eigenvalue weighted by molar-refractivity contribution is 5.53. The van der Waals surface area contributed by atoms with Gasteiger partial charge in [0.15, 0.2) is 0 Å². The number of hydrogen-bond acceptors (Lipinski definition) is 3. The molecule has 4 heteroatoms. The lowest BCUT2D eigenvalue weighted by Crippen LogP contribution is -2.08. The average molecular weight is 246 g/mol. The summed E-state index contributed by atoms with van der Waals surface area (Å²) in [5, 5.41) is 3.29. The molecule has 0 radical (unpaired) electrons. The third kappa shape index (κ3) is 2.77. The summed E-state index contributed by atoms with van der Waals surface area (Å²) in [4.78, 5) is 4.11. The lowest BCUT2D eigenvalue weighted by Gasteiger charge is -2.17. The molecule has 0 aliphatic carbocycles. The zero-order valence-corrected chi connectivity index (χ0v) is 10.4. The van der Waals surface area contributed by atoms with Gasteiger partial charge in [0, 0.05) is 12.2 Å². The number of anilines is 1. The Labute approximate surface area is 106 Å². The molecule has 2 aromatic rings. The van der Waals surface area contributed by atoms with Crippen LogP contribution in [0, 0.1) is 5.82 Å². The molecule has 0 aliphatic rings. The van der Waals surface area contributed by atoms with Gasteiger partial charge in [-0.05, 0) is 36.8 Å². The minimum absolute atomic E-state index is 0.0451. The molecule has 0 saturated carbocycles. The highest BCUT2D eigenvalue weighted by Gasteiger charge is 2.09. The van der Waals surface area contributed by atoms with Crippen molar-refractivity contribution >= 4 is 5.69 Å². The second kappa shape index (κ2) is 5.49. The van der Waals surface area contributed by atoms with Gasteiger partial charge in [0.05, 0.1) is 12.8 Å². The van der Waals surface area contributed by atoms with Crippen molar-refractivity contribution in [2.24, 2.45) is 0 Å². The van der Waals surface area contributed by atoms with Gasteiger partial charge < -0.3 is 10.1 Å². The van der Waals surface area contributed by atoms with Crippen molar-refractivity contribution < 1.29 is 9.13 Å². The predicted octanol–water partition coefficient (Wildman–Crippen LogP) is 3.40. The van der Waals surface area contributed by atoms with Crippen LogP contribution in [-0.2, 0) is 0 Å². The molecule has 2 rings (SSSR count). The van der Waals surface area contributed by atoms with Crippen molar-refractivity contribution in [1.82, 2.24) is 4.98 Å². The van der Waals surface area contributed by atoms with Gasteiger partial charge in [-0.2, -0.15) is 0 Å². The first-order valence-corrected chi connectivity index (χ1v) is 5.71. The summed E-state index contributed by atoms with van der Waals surface area (Å²) in [6.07, 6.45) is 1.67. The molecular weight excluding hydrogens is 231 g/mol. The van der Waals surface area contributed by atoms with Gasteiger partial charge in [0.25, 0.3) is 0 Å². The first kappa shape index (κ1) is 12.4. The van der Waals surface area contributed by atoms with Gasteiger partial charge in [-0.3, -0.25) is 0 Å². The van der Waals surface area contributed by atoms with Crippen LogP contribution in [0.25, 0.3) is 0 Å². The maximum atomic E-state index is 12.8. The van der Waals surface area contributed by atoms with Crippen molar-refractivity contribution in [3.05, 3.63) is 54.0 Å². The number of nitrogens with one attached hydrogen (secondary N) is 1. The van der Waals surface area contributed by atoms with Crippen LogP contribution in [0.3, 0.4) is 0 Å². The van der Waals surface area contributed by atoms with E-state index >= 15 is 0 Å². The fraction of sp³-hybridized carbons (Fsp3) is 0.214. The molecule has 1 heterocycles. The number of ether oxygens (including phenoxy) is 1. The first-order chi connectivity index (χ1) is 8.70. The maximum absolute atomic E-state index is 12.8. The molecule has 94 valence electrons. The molecule has 1 aromatic heterocycles. The molecule has 1 atom stereocenters. The molecule has 0 saturated heterocycles. The van der Waals surface area contributed by atoms with Gasteiger partial charge in [-0.25, -0.2) is 9.37 Å². The molecule has 3 nitrogen and oxygen atoms in total. The van der Waals surface area contributed by atoms with E-state index in [1.807, 2.05) is 19.1 Å². The number of hydrogen-bond donors (Lipinski definition) is 1. The Morgan fingerprint density at radius 1 is 1.22 bits per heavy atom. The van der Waals surface area contributed by atoms with Crippen LogP contribution in [0.15, 0.2) is 42.6 Å². The Hall–Kier alpha value is -2.10. The summed E-state index contributed by atoms with van der Waals surface area (Å²) in [6.45, 7) is 2.00. The van der Waals surface area contributed by atoms with Gasteiger partial charge in [0.1, 0.15) is 5.82 Å². The van der Waals surface area contributed by atoms with Gasteiger partial charge in [-0.1, -0.05) is 12.1 Å². The molecule has 1 aromatic carbocycles. The number of nitrogens with zero attached hydrogens (tertiary/aromatic N) is 1. The Bertz CT molecular complexity index is 513. The molecule has 1 unspecified atom stereocenters. The van der Waals surface area contributed by atoms with Gasteiger partial charge in [-0.15, -0.1) is 0 Å². The number of aromatic nitrogens is 1. The van der Waals surface area contributed by atoms with E-state index in [0.717, 1.165) is 11.3 Å². The van der Waals surface area contributed by atoms with Crippen molar-refractivity contribution in [3.8, 4) is 5.88 Å². The first-order valence-electron chi connectivity index (χ1n) is 5.71. The van der Waals surface area contributed by atoms with Gasteiger partial charge >= 0.3 is 0 Å². The van der Waals surface area contributed by atoms with E-state index in [-0.39, 0.29) is 11.9 Å². The second-order valence-electron chi connectivity index (χ2n) is 3.98. The monoisotopic (exact) mass is 246 g/mol. The van der Waals surface area contributed by atoms with Crippen molar-refractivity contribution in [3.63, 3.8) is 0 Å². The molecule has 0 fully saturated rings. The van der Waals surface area contributed by atoms with E-state index in [9.17, 15) is 4.39 Å². The van der Waals surface area contributed by atoms with Crippen LogP contribution in [0.1, 0.15) is 18.5 Å². The zero-order chi connectivity index (χ0) is 13.0. The standard InChI is InChI=1S/C14H15FN2O/c1-10(11-5-7-12(15)8-6-11)17-13-4-3-9-16-14(13)18-2/h3-10,17H,1-2H3. The lowest BCUT2D eigenvalue weighted by molar-refractivity contribution is 0.399. The normalized spacial score (nSPS) is 11.9. The minimum Gasteiger partial charge on any atom is -0.480 e. The largest absolute Gasteiger partial charge is 0.480 e. The van der Waals surface area contributed by atoms with Crippen molar-refractivity contribution in [2.75, 3.05) is 12.4 Å². The van der Waals surface area contributed by atoms with Crippen LogP contribution >= 0.6 is 0 Å². The minimum atomic E-state index is -0.232. The summed E-state index contributed by atoms with van der Waals surface area (Å²) < 4.78 is 18.0. The maximum Gasteiger partial charge on any atom is 0.237 e. The topological polar surface area (TPSA) is 34.1 Å². The Kier molecular flexibility index (Phi) is 3.77. The van der Waals surface area contributed by atoms with E-state index in [0.29, 0.717) is 5.88 Å². The van der Waals surface area contributed by atoms with Crippen molar-refractivity contribution in [2.45, 2.75) is 13.0 Å². The molecular formula is C14H15FN2O. The Morgan fingerprint density at radius 3 is 2.61 bits per heavy atom. The Balaban J connectivity index is 2.15. The SMILES string of the molecule is COc1ncccc1NC(C)c1ccc(F)cc1. The van der Waals surface area contributed by atoms with E-state index in [4.69, 9.17) is 4.74 Å². The zero-order valence-electron chi connectivity index (χ0n) is 10.4. The quantitative estimate of drug-likeness (QED) is 0.897. The predicted molar refractivity (Wildman–Crippen MR) is 69.2 cm³/mol. The third-order valence-electron chi connectivity index (χ3n) is 2.71. The van der Waals surface area contributed by atoms with Crippen LogP contribution in [-0.4, -0.2) is 12.1 Å². The second-order valence-corrected chi connectivity index (χ2v) is 3.98. The number of methoxy groups -OCH3 is 1. The average Bonchev–Trinajstić information content (AvgIpc) is 2.40. The number of rotatable bonds is 4. The fourth-order valence-electron chi connectivity index (χ4n) is 1.73. The molecule has 0 amide bonds. The van der Waals surface area contributed by atoms with E-state index in [1.54, 1.807) is 25.4 Å². The van der Waals surface area contributed by atoms with Crippen molar-refractivity contribution in [1.29, 1.82) is 0 Å². The smallest absolute Gasteiger partial charge is 0.237 e. The van der Waals surface area contributed by atoms with Crippen LogP contribution < -0.4 is 10.1 Å². The number of halogens is 1. The van der Waals surface area contributed by atoms with Crippen LogP contribution in [0.2, 0.25) is 0 Å². The fourth-order valence-corrected chi connectivity index (χ4v) is 1.73. The molecule has 18 heavy (non-hydrogen) atoms. The number of benzene rings is 1.